The molecule has 116 valence electrons. The zero-order chi connectivity index (χ0) is 14.4. The summed E-state index contributed by atoms with van der Waals surface area (Å²) in [6, 6.07) is 0.316. The topological polar surface area (TPSA) is 50.4 Å². The van der Waals surface area contributed by atoms with Gasteiger partial charge in [-0.2, -0.15) is 0 Å². The summed E-state index contributed by atoms with van der Waals surface area (Å²) in [5.41, 5.74) is 0. The number of rotatable bonds is 5. The smallest absolute Gasteiger partial charge is 0.223 e. The van der Waals surface area contributed by atoms with Crippen LogP contribution in [0.2, 0.25) is 0 Å². The van der Waals surface area contributed by atoms with Gasteiger partial charge in [0.15, 0.2) is 0 Å². The standard InChI is InChI=1S/C16H30N2O2/c1-3-12(4-2)15-11-14(7-10-20-15)18-16(19)13-5-8-17-9-6-13/h12-15,17H,3-11H2,1-2H3,(H,18,19). The molecule has 2 aliphatic rings. The molecule has 1 amide bonds. The molecular formula is C16H30N2O2. The highest BCUT2D eigenvalue weighted by Gasteiger charge is 2.30. The molecule has 2 heterocycles. The first-order chi connectivity index (χ1) is 9.74. The Morgan fingerprint density at radius 3 is 2.60 bits per heavy atom. The Hall–Kier alpha value is -0.610. The highest BCUT2D eigenvalue weighted by molar-refractivity contribution is 5.79. The van der Waals surface area contributed by atoms with E-state index >= 15 is 0 Å². The van der Waals surface area contributed by atoms with Crippen LogP contribution in [0.15, 0.2) is 0 Å². The largest absolute Gasteiger partial charge is 0.378 e. The molecule has 0 aromatic carbocycles. The van der Waals surface area contributed by atoms with E-state index in [2.05, 4.69) is 24.5 Å². The fourth-order valence-corrected chi connectivity index (χ4v) is 3.51. The molecule has 2 aliphatic heterocycles. The Morgan fingerprint density at radius 2 is 1.95 bits per heavy atom. The summed E-state index contributed by atoms with van der Waals surface area (Å²) in [4.78, 5) is 12.3. The minimum atomic E-state index is 0.214. The molecule has 2 N–H and O–H groups in total. The number of piperidine rings is 1. The Balaban J connectivity index is 1.81. The second-order valence-electron chi connectivity index (χ2n) is 6.24. The molecule has 4 heteroatoms. The molecule has 20 heavy (non-hydrogen) atoms. The monoisotopic (exact) mass is 282 g/mol. The molecule has 0 aliphatic carbocycles. The van der Waals surface area contributed by atoms with Gasteiger partial charge in [0.05, 0.1) is 6.10 Å². The SMILES string of the molecule is CCC(CC)C1CC(NC(=O)C2CCNCC2)CCO1. The quantitative estimate of drug-likeness (QED) is 0.812. The van der Waals surface area contributed by atoms with E-state index in [1.165, 1.54) is 0 Å². The molecule has 0 saturated carbocycles. The van der Waals surface area contributed by atoms with E-state index < -0.39 is 0 Å². The van der Waals surface area contributed by atoms with E-state index in [4.69, 9.17) is 4.74 Å². The third-order valence-corrected chi connectivity index (χ3v) is 4.95. The molecule has 2 saturated heterocycles. The lowest BCUT2D eigenvalue weighted by Crippen LogP contribution is -2.47. The third-order valence-electron chi connectivity index (χ3n) is 4.95. The van der Waals surface area contributed by atoms with Crippen molar-refractivity contribution in [1.82, 2.24) is 10.6 Å². The summed E-state index contributed by atoms with van der Waals surface area (Å²) in [6.07, 6.45) is 6.57. The first-order valence-corrected chi connectivity index (χ1v) is 8.37. The number of ether oxygens (including phenoxy) is 1. The van der Waals surface area contributed by atoms with Gasteiger partial charge in [0.2, 0.25) is 5.91 Å². The molecule has 0 radical (unpaired) electrons. The zero-order valence-corrected chi connectivity index (χ0v) is 13.0. The molecule has 0 spiro atoms. The van der Waals surface area contributed by atoms with Crippen molar-refractivity contribution in [1.29, 1.82) is 0 Å². The fourth-order valence-electron chi connectivity index (χ4n) is 3.51. The second-order valence-corrected chi connectivity index (χ2v) is 6.24. The van der Waals surface area contributed by atoms with Crippen LogP contribution >= 0.6 is 0 Å². The lowest BCUT2D eigenvalue weighted by Gasteiger charge is -2.35. The molecule has 2 fully saturated rings. The number of hydrogen-bond donors (Lipinski definition) is 2. The molecular weight excluding hydrogens is 252 g/mol. The normalized spacial score (nSPS) is 28.6. The van der Waals surface area contributed by atoms with Crippen LogP contribution < -0.4 is 10.6 Å². The summed E-state index contributed by atoms with van der Waals surface area (Å²) in [6.45, 7) is 7.20. The summed E-state index contributed by atoms with van der Waals surface area (Å²) < 4.78 is 5.92. The van der Waals surface area contributed by atoms with Gasteiger partial charge in [-0.25, -0.2) is 0 Å². The Kier molecular flexibility index (Phi) is 6.30. The third kappa shape index (κ3) is 4.19. The highest BCUT2D eigenvalue weighted by Crippen LogP contribution is 2.25. The predicted octanol–water partition coefficient (Wildman–Crippen LogP) is 2.09. The van der Waals surface area contributed by atoms with Crippen LogP contribution in [0.1, 0.15) is 52.4 Å². The lowest BCUT2D eigenvalue weighted by molar-refractivity contribution is -0.127. The number of carbonyl (C=O) groups is 1. The number of amides is 1. The van der Waals surface area contributed by atoms with Gasteiger partial charge >= 0.3 is 0 Å². The molecule has 2 atom stereocenters. The van der Waals surface area contributed by atoms with E-state index in [1.54, 1.807) is 0 Å². The molecule has 0 bridgehead atoms. The number of carbonyl (C=O) groups excluding carboxylic acids is 1. The van der Waals surface area contributed by atoms with Gasteiger partial charge in [0, 0.05) is 18.6 Å². The van der Waals surface area contributed by atoms with E-state index in [-0.39, 0.29) is 11.8 Å². The number of hydrogen-bond acceptors (Lipinski definition) is 3. The van der Waals surface area contributed by atoms with E-state index in [0.29, 0.717) is 18.1 Å². The predicted molar refractivity (Wildman–Crippen MR) is 80.6 cm³/mol. The van der Waals surface area contributed by atoms with Crippen LogP contribution in [0.4, 0.5) is 0 Å². The maximum absolute atomic E-state index is 12.3. The van der Waals surface area contributed by atoms with Crippen molar-refractivity contribution in [3.8, 4) is 0 Å². The van der Waals surface area contributed by atoms with Gasteiger partial charge in [-0.1, -0.05) is 26.7 Å². The molecule has 0 aromatic heterocycles. The average molecular weight is 282 g/mol. The molecule has 0 aromatic rings. The highest BCUT2D eigenvalue weighted by atomic mass is 16.5. The van der Waals surface area contributed by atoms with E-state index in [1.807, 2.05) is 0 Å². The van der Waals surface area contributed by atoms with Gasteiger partial charge in [0.1, 0.15) is 0 Å². The Bertz CT molecular complexity index is 299. The van der Waals surface area contributed by atoms with Crippen LogP contribution in [0.3, 0.4) is 0 Å². The van der Waals surface area contributed by atoms with Crippen LogP contribution in [-0.2, 0) is 9.53 Å². The van der Waals surface area contributed by atoms with Crippen molar-refractivity contribution in [2.75, 3.05) is 19.7 Å². The Labute approximate surface area is 123 Å². The summed E-state index contributed by atoms with van der Waals surface area (Å²) in [7, 11) is 0. The summed E-state index contributed by atoms with van der Waals surface area (Å²) in [5, 5.41) is 6.59. The average Bonchev–Trinajstić information content (AvgIpc) is 2.50. The Morgan fingerprint density at radius 1 is 1.25 bits per heavy atom. The lowest BCUT2D eigenvalue weighted by atomic mass is 9.88. The van der Waals surface area contributed by atoms with Gasteiger partial charge in [-0.3, -0.25) is 4.79 Å². The fraction of sp³-hybridized carbons (Fsp3) is 0.938. The van der Waals surface area contributed by atoms with Crippen molar-refractivity contribution in [3.05, 3.63) is 0 Å². The van der Waals surface area contributed by atoms with Crippen LogP contribution in [0.5, 0.6) is 0 Å². The van der Waals surface area contributed by atoms with Crippen LogP contribution in [0, 0.1) is 11.8 Å². The molecule has 2 unspecified atom stereocenters. The minimum absolute atomic E-state index is 0.214. The van der Waals surface area contributed by atoms with Crippen molar-refractivity contribution < 1.29 is 9.53 Å². The van der Waals surface area contributed by atoms with Gasteiger partial charge in [-0.05, 0) is 44.7 Å². The van der Waals surface area contributed by atoms with Gasteiger partial charge < -0.3 is 15.4 Å². The van der Waals surface area contributed by atoms with Crippen molar-refractivity contribution in [2.24, 2.45) is 11.8 Å². The van der Waals surface area contributed by atoms with E-state index in [0.717, 1.165) is 58.2 Å². The maximum atomic E-state index is 12.3. The van der Waals surface area contributed by atoms with Crippen LogP contribution in [-0.4, -0.2) is 37.7 Å². The van der Waals surface area contributed by atoms with Crippen molar-refractivity contribution in [3.63, 3.8) is 0 Å². The first-order valence-electron chi connectivity index (χ1n) is 8.37. The second kappa shape index (κ2) is 7.99. The van der Waals surface area contributed by atoms with Gasteiger partial charge in [-0.15, -0.1) is 0 Å². The summed E-state index contributed by atoms with van der Waals surface area (Å²) >= 11 is 0. The van der Waals surface area contributed by atoms with Crippen LogP contribution in [0.25, 0.3) is 0 Å². The number of nitrogens with one attached hydrogen (secondary N) is 2. The molecule has 4 nitrogen and oxygen atoms in total. The van der Waals surface area contributed by atoms with Crippen molar-refractivity contribution >= 4 is 5.91 Å². The summed E-state index contributed by atoms with van der Waals surface area (Å²) in [5.74, 6) is 1.11. The first kappa shape index (κ1) is 15.8. The van der Waals surface area contributed by atoms with E-state index in [9.17, 15) is 4.79 Å². The van der Waals surface area contributed by atoms with Gasteiger partial charge in [0.25, 0.3) is 0 Å². The molecule has 2 rings (SSSR count). The minimum Gasteiger partial charge on any atom is -0.378 e. The maximum Gasteiger partial charge on any atom is 0.223 e. The zero-order valence-electron chi connectivity index (χ0n) is 13.0. The van der Waals surface area contributed by atoms with Crippen molar-refractivity contribution in [2.45, 2.75) is 64.5 Å².